The van der Waals surface area contributed by atoms with E-state index in [0.29, 0.717) is 24.3 Å². The van der Waals surface area contributed by atoms with Crippen molar-refractivity contribution in [2.75, 3.05) is 6.54 Å². The van der Waals surface area contributed by atoms with E-state index in [2.05, 4.69) is 15.5 Å². The molecule has 0 aliphatic heterocycles. The first kappa shape index (κ1) is 14.5. The lowest BCUT2D eigenvalue weighted by molar-refractivity contribution is -0.121. The molecule has 0 unspecified atom stereocenters. The summed E-state index contributed by atoms with van der Waals surface area (Å²) in [6, 6.07) is 8.05. The molecule has 5 nitrogen and oxygen atoms in total. The SMILES string of the molecule is CCNC(=O)CCn1c(-c2cccc(C)c2)n[nH]c1=S. The van der Waals surface area contributed by atoms with Crippen molar-refractivity contribution in [2.24, 2.45) is 0 Å². The van der Waals surface area contributed by atoms with Crippen LogP contribution in [0.4, 0.5) is 0 Å². The fraction of sp³-hybridized carbons (Fsp3) is 0.357. The van der Waals surface area contributed by atoms with Crippen LogP contribution in [0.3, 0.4) is 0 Å². The van der Waals surface area contributed by atoms with E-state index in [-0.39, 0.29) is 5.91 Å². The first-order valence-electron chi connectivity index (χ1n) is 6.60. The molecule has 0 atom stereocenters. The molecular formula is C14H18N4OS. The van der Waals surface area contributed by atoms with Crippen LogP contribution in [-0.2, 0) is 11.3 Å². The van der Waals surface area contributed by atoms with Gasteiger partial charge in [0.2, 0.25) is 5.91 Å². The molecule has 0 bridgehead atoms. The molecule has 0 saturated carbocycles. The molecule has 1 amide bonds. The maximum Gasteiger partial charge on any atom is 0.221 e. The Hall–Kier alpha value is -1.95. The normalized spacial score (nSPS) is 10.5. The Kier molecular flexibility index (Phi) is 4.68. The summed E-state index contributed by atoms with van der Waals surface area (Å²) in [5.74, 6) is 0.786. The van der Waals surface area contributed by atoms with Gasteiger partial charge in [0.25, 0.3) is 0 Å². The predicted molar refractivity (Wildman–Crippen MR) is 80.9 cm³/mol. The van der Waals surface area contributed by atoms with Crippen LogP contribution in [0.1, 0.15) is 18.9 Å². The standard InChI is InChI=1S/C14H18N4OS/c1-3-15-12(19)7-8-18-13(16-17-14(18)20)11-6-4-5-10(2)9-11/h4-6,9H,3,7-8H2,1-2H3,(H,15,19)(H,17,20). The highest BCUT2D eigenvalue weighted by atomic mass is 32.1. The zero-order valence-corrected chi connectivity index (χ0v) is 12.5. The monoisotopic (exact) mass is 290 g/mol. The van der Waals surface area contributed by atoms with Gasteiger partial charge in [-0.1, -0.05) is 23.8 Å². The van der Waals surface area contributed by atoms with Crippen molar-refractivity contribution in [3.8, 4) is 11.4 Å². The van der Waals surface area contributed by atoms with Crippen LogP contribution < -0.4 is 5.32 Å². The van der Waals surface area contributed by atoms with Crippen molar-refractivity contribution in [3.63, 3.8) is 0 Å². The number of aromatic nitrogens is 3. The van der Waals surface area contributed by atoms with Crippen LogP contribution in [-0.4, -0.2) is 27.2 Å². The minimum Gasteiger partial charge on any atom is -0.356 e. The van der Waals surface area contributed by atoms with Gasteiger partial charge >= 0.3 is 0 Å². The molecule has 2 rings (SSSR count). The maximum atomic E-state index is 11.6. The minimum absolute atomic E-state index is 0.0193. The zero-order valence-electron chi connectivity index (χ0n) is 11.6. The molecule has 1 heterocycles. The van der Waals surface area contributed by atoms with Gasteiger partial charge in [-0.3, -0.25) is 14.5 Å². The average Bonchev–Trinajstić information content (AvgIpc) is 2.78. The third kappa shape index (κ3) is 3.33. The van der Waals surface area contributed by atoms with E-state index >= 15 is 0 Å². The second kappa shape index (κ2) is 6.47. The largest absolute Gasteiger partial charge is 0.356 e. The summed E-state index contributed by atoms with van der Waals surface area (Å²) in [5, 5.41) is 9.84. The van der Waals surface area contributed by atoms with Crippen molar-refractivity contribution in [1.82, 2.24) is 20.1 Å². The first-order valence-corrected chi connectivity index (χ1v) is 7.01. The summed E-state index contributed by atoms with van der Waals surface area (Å²) in [6.45, 7) is 5.09. The van der Waals surface area contributed by atoms with Crippen molar-refractivity contribution in [2.45, 2.75) is 26.8 Å². The van der Waals surface area contributed by atoms with Crippen LogP contribution in [0, 0.1) is 11.7 Å². The predicted octanol–water partition coefficient (Wildman–Crippen LogP) is 2.44. The summed E-state index contributed by atoms with van der Waals surface area (Å²) < 4.78 is 2.39. The number of nitrogens with one attached hydrogen (secondary N) is 2. The Bertz CT molecular complexity index is 659. The second-order valence-electron chi connectivity index (χ2n) is 4.58. The number of benzene rings is 1. The van der Waals surface area contributed by atoms with Crippen LogP contribution in [0.2, 0.25) is 0 Å². The second-order valence-corrected chi connectivity index (χ2v) is 4.96. The van der Waals surface area contributed by atoms with Gasteiger partial charge in [-0.15, -0.1) is 0 Å². The number of amides is 1. The van der Waals surface area contributed by atoms with Gasteiger partial charge in [-0.25, -0.2) is 0 Å². The van der Waals surface area contributed by atoms with Gasteiger partial charge in [0, 0.05) is 25.1 Å². The zero-order chi connectivity index (χ0) is 14.5. The van der Waals surface area contributed by atoms with Crippen LogP contribution in [0.5, 0.6) is 0 Å². The molecule has 1 aromatic carbocycles. The molecule has 1 aromatic heterocycles. The number of aromatic amines is 1. The quantitative estimate of drug-likeness (QED) is 0.831. The van der Waals surface area contributed by atoms with E-state index in [4.69, 9.17) is 12.2 Å². The highest BCUT2D eigenvalue weighted by molar-refractivity contribution is 7.71. The molecule has 0 saturated heterocycles. The summed E-state index contributed by atoms with van der Waals surface area (Å²) in [6.07, 6.45) is 0.389. The molecule has 0 spiro atoms. The lowest BCUT2D eigenvalue weighted by Gasteiger charge is -2.07. The topological polar surface area (TPSA) is 62.7 Å². The Morgan fingerprint density at radius 1 is 1.50 bits per heavy atom. The minimum atomic E-state index is 0.0193. The molecular weight excluding hydrogens is 272 g/mol. The number of hydrogen-bond acceptors (Lipinski definition) is 3. The molecule has 20 heavy (non-hydrogen) atoms. The van der Waals surface area contributed by atoms with Crippen LogP contribution >= 0.6 is 12.2 Å². The Morgan fingerprint density at radius 2 is 2.30 bits per heavy atom. The average molecular weight is 290 g/mol. The Morgan fingerprint density at radius 3 is 3.00 bits per heavy atom. The molecule has 106 valence electrons. The summed E-state index contributed by atoms with van der Waals surface area (Å²) in [5.41, 5.74) is 2.15. The number of carbonyl (C=O) groups excluding carboxylic acids is 1. The lowest BCUT2D eigenvalue weighted by Crippen LogP contribution is -2.23. The van der Waals surface area contributed by atoms with E-state index in [1.165, 1.54) is 0 Å². The number of nitrogens with zero attached hydrogens (tertiary/aromatic N) is 2. The molecule has 0 radical (unpaired) electrons. The molecule has 0 fully saturated rings. The van der Waals surface area contributed by atoms with E-state index in [9.17, 15) is 4.79 Å². The third-order valence-corrected chi connectivity index (χ3v) is 3.28. The molecule has 0 aliphatic carbocycles. The molecule has 0 aliphatic rings. The molecule has 2 aromatic rings. The first-order chi connectivity index (χ1) is 9.61. The highest BCUT2D eigenvalue weighted by Gasteiger charge is 2.10. The smallest absolute Gasteiger partial charge is 0.221 e. The van der Waals surface area contributed by atoms with Gasteiger partial charge in [-0.05, 0) is 32.1 Å². The van der Waals surface area contributed by atoms with E-state index in [0.717, 1.165) is 17.0 Å². The van der Waals surface area contributed by atoms with Gasteiger partial charge in [0.05, 0.1) is 0 Å². The fourth-order valence-electron chi connectivity index (χ4n) is 2.03. The maximum absolute atomic E-state index is 11.6. The lowest BCUT2D eigenvalue weighted by atomic mass is 10.1. The fourth-order valence-corrected chi connectivity index (χ4v) is 2.25. The van der Waals surface area contributed by atoms with E-state index < -0.39 is 0 Å². The summed E-state index contributed by atoms with van der Waals surface area (Å²) in [7, 11) is 0. The highest BCUT2D eigenvalue weighted by Crippen LogP contribution is 2.18. The van der Waals surface area contributed by atoms with E-state index in [1.54, 1.807) is 0 Å². The van der Waals surface area contributed by atoms with Gasteiger partial charge in [-0.2, -0.15) is 5.10 Å². The Labute approximate surface area is 123 Å². The van der Waals surface area contributed by atoms with Gasteiger partial charge in [0.1, 0.15) is 0 Å². The van der Waals surface area contributed by atoms with Crippen molar-refractivity contribution in [3.05, 3.63) is 34.6 Å². The number of hydrogen-bond donors (Lipinski definition) is 2. The number of aryl methyl sites for hydroxylation is 1. The van der Waals surface area contributed by atoms with Crippen molar-refractivity contribution < 1.29 is 4.79 Å². The summed E-state index contributed by atoms with van der Waals surface area (Å²) >= 11 is 5.24. The van der Waals surface area contributed by atoms with Gasteiger partial charge in [0.15, 0.2) is 10.6 Å². The van der Waals surface area contributed by atoms with Gasteiger partial charge < -0.3 is 5.32 Å². The van der Waals surface area contributed by atoms with E-state index in [1.807, 2.05) is 42.7 Å². The van der Waals surface area contributed by atoms with Crippen molar-refractivity contribution in [1.29, 1.82) is 0 Å². The van der Waals surface area contributed by atoms with Crippen molar-refractivity contribution >= 4 is 18.1 Å². The molecule has 2 N–H and O–H groups in total. The number of rotatable bonds is 5. The summed E-state index contributed by atoms with van der Waals surface area (Å²) in [4.78, 5) is 11.6. The number of carbonyl (C=O) groups is 1. The molecule has 6 heteroatoms. The Balaban J connectivity index is 2.24. The number of H-pyrrole nitrogens is 1. The third-order valence-electron chi connectivity index (χ3n) is 2.97. The van der Waals surface area contributed by atoms with Crippen LogP contribution in [0.25, 0.3) is 11.4 Å². The van der Waals surface area contributed by atoms with Crippen LogP contribution in [0.15, 0.2) is 24.3 Å².